The van der Waals surface area contributed by atoms with Crippen molar-refractivity contribution in [1.82, 2.24) is 14.8 Å². The van der Waals surface area contributed by atoms with E-state index in [1.807, 2.05) is 0 Å². The highest BCUT2D eigenvalue weighted by molar-refractivity contribution is 7.71. The van der Waals surface area contributed by atoms with Gasteiger partial charge >= 0.3 is 0 Å². The topological polar surface area (TPSA) is 33.6 Å². The van der Waals surface area contributed by atoms with Crippen LogP contribution >= 0.6 is 12.2 Å². The summed E-state index contributed by atoms with van der Waals surface area (Å²) < 4.78 is 2.92. The highest BCUT2D eigenvalue weighted by Gasteiger charge is 2.23. The molecule has 0 saturated heterocycles. The van der Waals surface area contributed by atoms with Gasteiger partial charge in [0, 0.05) is 12.0 Å². The second-order valence-corrected chi connectivity index (χ2v) is 4.72. The van der Waals surface area contributed by atoms with Gasteiger partial charge in [-0.1, -0.05) is 12.8 Å². The summed E-state index contributed by atoms with van der Waals surface area (Å²) in [6.07, 6.45) is 5.21. The molecule has 0 amide bonds. The van der Waals surface area contributed by atoms with Crippen molar-refractivity contribution in [3.05, 3.63) is 10.6 Å². The van der Waals surface area contributed by atoms with Gasteiger partial charge in [-0.2, -0.15) is 5.10 Å². The van der Waals surface area contributed by atoms with Crippen LogP contribution in [0.4, 0.5) is 0 Å². The molecular formula is C10H17N3S. The summed E-state index contributed by atoms with van der Waals surface area (Å²) in [5.41, 5.74) is 0. The number of aromatic nitrogens is 3. The molecule has 0 spiro atoms. The van der Waals surface area contributed by atoms with Crippen molar-refractivity contribution < 1.29 is 0 Å². The standard InChI is InChI=1S/C10H17N3S/c1-7(2)13-9(11-12-10(13)14)8-5-3-4-6-8/h7-8H,3-6H2,1-2H3,(H,12,14). The Kier molecular flexibility index (Phi) is 2.72. The molecule has 1 N–H and O–H groups in total. The fourth-order valence-corrected chi connectivity index (χ4v) is 2.64. The van der Waals surface area contributed by atoms with Crippen LogP contribution in [-0.2, 0) is 0 Å². The van der Waals surface area contributed by atoms with Gasteiger partial charge in [0.05, 0.1) is 0 Å². The average molecular weight is 211 g/mol. The van der Waals surface area contributed by atoms with Gasteiger partial charge in [-0.15, -0.1) is 0 Å². The first-order valence-corrected chi connectivity index (χ1v) is 5.77. The van der Waals surface area contributed by atoms with Crippen molar-refractivity contribution in [3.63, 3.8) is 0 Å². The van der Waals surface area contributed by atoms with E-state index in [0.717, 1.165) is 4.77 Å². The van der Waals surface area contributed by atoms with E-state index in [9.17, 15) is 0 Å². The number of hydrogen-bond acceptors (Lipinski definition) is 2. The fraction of sp³-hybridized carbons (Fsp3) is 0.800. The van der Waals surface area contributed by atoms with Crippen LogP contribution in [-0.4, -0.2) is 14.8 Å². The molecule has 4 heteroatoms. The Bertz CT molecular complexity index is 358. The zero-order valence-corrected chi connectivity index (χ0v) is 9.60. The van der Waals surface area contributed by atoms with Gasteiger partial charge in [0.2, 0.25) is 0 Å². The van der Waals surface area contributed by atoms with E-state index >= 15 is 0 Å². The lowest BCUT2D eigenvalue weighted by Gasteiger charge is -2.14. The maximum atomic E-state index is 5.23. The fourth-order valence-electron chi connectivity index (χ4n) is 2.29. The number of nitrogens with zero attached hydrogens (tertiary/aromatic N) is 2. The second kappa shape index (κ2) is 3.85. The van der Waals surface area contributed by atoms with Crippen molar-refractivity contribution in [3.8, 4) is 0 Å². The monoisotopic (exact) mass is 211 g/mol. The Morgan fingerprint density at radius 2 is 2.07 bits per heavy atom. The molecule has 14 heavy (non-hydrogen) atoms. The van der Waals surface area contributed by atoms with Crippen molar-refractivity contribution in [2.75, 3.05) is 0 Å². The molecule has 0 radical (unpaired) electrons. The van der Waals surface area contributed by atoms with E-state index < -0.39 is 0 Å². The molecule has 0 bridgehead atoms. The van der Waals surface area contributed by atoms with Crippen molar-refractivity contribution >= 4 is 12.2 Å². The lowest BCUT2D eigenvalue weighted by atomic mass is 10.1. The third kappa shape index (κ3) is 1.63. The molecule has 0 aromatic carbocycles. The van der Waals surface area contributed by atoms with Gasteiger partial charge in [-0.05, 0) is 38.9 Å². The van der Waals surface area contributed by atoms with Crippen LogP contribution in [0.1, 0.15) is 57.3 Å². The van der Waals surface area contributed by atoms with E-state index in [-0.39, 0.29) is 0 Å². The molecular weight excluding hydrogens is 194 g/mol. The number of H-pyrrole nitrogens is 1. The second-order valence-electron chi connectivity index (χ2n) is 4.33. The lowest BCUT2D eigenvalue weighted by molar-refractivity contribution is 0.524. The summed E-state index contributed by atoms with van der Waals surface area (Å²) >= 11 is 5.23. The van der Waals surface area contributed by atoms with E-state index in [2.05, 4.69) is 28.6 Å². The summed E-state index contributed by atoms with van der Waals surface area (Å²) in [4.78, 5) is 0. The third-order valence-corrected chi connectivity index (χ3v) is 3.26. The largest absolute Gasteiger partial charge is 0.301 e. The van der Waals surface area contributed by atoms with Crippen molar-refractivity contribution in [1.29, 1.82) is 0 Å². The first-order valence-electron chi connectivity index (χ1n) is 5.37. The zero-order chi connectivity index (χ0) is 10.1. The lowest BCUT2D eigenvalue weighted by Crippen LogP contribution is -2.09. The summed E-state index contributed by atoms with van der Waals surface area (Å²) in [7, 11) is 0. The Hall–Kier alpha value is -0.640. The zero-order valence-electron chi connectivity index (χ0n) is 8.79. The predicted octanol–water partition coefficient (Wildman–Crippen LogP) is 3.18. The molecule has 1 aromatic heterocycles. The molecule has 1 aromatic rings. The highest BCUT2D eigenvalue weighted by Crippen LogP contribution is 2.33. The van der Waals surface area contributed by atoms with Crippen molar-refractivity contribution in [2.45, 2.75) is 51.5 Å². The molecule has 1 aliphatic carbocycles. The SMILES string of the molecule is CC(C)n1c(C2CCCC2)n[nH]c1=S. The van der Waals surface area contributed by atoms with Crippen LogP contribution in [0.15, 0.2) is 0 Å². The molecule has 2 rings (SSSR count). The maximum absolute atomic E-state index is 5.23. The van der Waals surface area contributed by atoms with Crippen LogP contribution in [0.5, 0.6) is 0 Å². The Labute approximate surface area is 89.5 Å². The van der Waals surface area contributed by atoms with Gasteiger partial charge in [-0.3, -0.25) is 5.10 Å². The van der Waals surface area contributed by atoms with Crippen LogP contribution in [0.3, 0.4) is 0 Å². The molecule has 3 nitrogen and oxygen atoms in total. The van der Waals surface area contributed by atoms with Crippen LogP contribution in [0.25, 0.3) is 0 Å². The normalized spacial score (nSPS) is 18.2. The first-order chi connectivity index (χ1) is 6.70. The maximum Gasteiger partial charge on any atom is 0.195 e. The molecule has 0 aliphatic heterocycles. The predicted molar refractivity (Wildman–Crippen MR) is 59.0 cm³/mol. The molecule has 1 aliphatic rings. The minimum absolute atomic E-state index is 0.414. The molecule has 0 unspecified atom stereocenters. The Morgan fingerprint density at radius 3 is 2.64 bits per heavy atom. The van der Waals surface area contributed by atoms with Crippen molar-refractivity contribution in [2.24, 2.45) is 0 Å². The summed E-state index contributed by atoms with van der Waals surface area (Å²) in [6, 6.07) is 0.414. The molecule has 1 saturated carbocycles. The minimum atomic E-state index is 0.414. The quantitative estimate of drug-likeness (QED) is 0.762. The van der Waals surface area contributed by atoms with E-state index in [0.29, 0.717) is 12.0 Å². The van der Waals surface area contributed by atoms with Crippen LogP contribution in [0, 0.1) is 4.77 Å². The van der Waals surface area contributed by atoms with Gasteiger partial charge < -0.3 is 4.57 Å². The van der Waals surface area contributed by atoms with Crippen LogP contribution in [0.2, 0.25) is 0 Å². The molecule has 78 valence electrons. The smallest absolute Gasteiger partial charge is 0.195 e. The molecule has 1 heterocycles. The minimum Gasteiger partial charge on any atom is -0.301 e. The van der Waals surface area contributed by atoms with Gasteiger partial charge in [0.15, 0.2) is 4.77 Å². The highest BCUT2D eigenvalue weighted by atomic mass is 32.1. The third-order valence-electron chi connectivity index (χ3n) is 2.97. The number of aromatic amines is 1. The Morgan fingerprint density at radius 1 is 1.43 bits per heavy atom. The van der Waals surface area contributed by atoms with E-state index in [1.54, 1.807) is 0 Å². The van der Waals surface area contributed by atoms with Gasteiger partial charge in [-0.25, -0.2) is 0 Å². The van der Waals surface area contributed by atoms with E-state index in [1.165, 1.54) is 31.5 Å². The summed E-state index contributed by atoms with van der Waals surface area (Å²) in [5.74, 6) is 1.80. The van der Waals surface area contributed by atoms with E-state index in [4.69, 9.17) is 12.2 Å². The first kappa shape index (κ1) is 9.90. The van der Waals surface area contributed by atoms with Crippen LogP contribution < -0.4 is 0 Å². The number of rotatable bonds is 2. The molecule has 0 atom stereocenters. The van der Waals surface area contributed by atoms with Gasteiger partial charge in [0.25, 0.3) is 0 Å². The molecule has 1 fully saturated rings. The Balaban J connectivity index is 2.37. The number of hydrogen-bond donors (Lipinski definition) is 1. The summed E-state index contributed by atoms with van der Waals surface area (Å²) in [5, 5.41) is 7.28. The number of nitrogens with one attached hydrogen (secondary N) is 1. The van der Waals surface area contributed by atoms with Gasteiger partial charge in [0.1, 0.15) is 5.82 Å². The average Bonchev–Trinajstić information content (AvgIpc) is 2.70. The summed E-state index contributed by atoms with van der Waals surface area (Å²) in [6.45, 7) is 4.31.